The Hall–Kier alpha value is -2.18. The Labute approximate surface area is 111 Å². The van der Waals surface area contributed by atoms with Gasteiger partial charge in [0.15, 0.2) is 11.3 Å². The molecule has 0 saturated heterocycles. The van der Waals surface area contributed by atoms with Crippen LogP contribution in [-0.2, 0) is 11.3 Å². The molecule has 0 atom stereocenters. The van der Waals surface area contributed by atoms with E-state index in [0.29, 0.717) is 34.7 Å². The van der Waals surface area contributed by atoms with Gasteiger partial charge in [0.05, 0.1) is 12.8 Å². The molecule has 0 aliphatic heterocycles. The molecule has 0 aromatic carbocycles. The number of anilines is 1. The van der Waals surface area contributed by atoms with Crippen molar-refractivity contribution in [2.75, 3.05) is 19.0 Å². The molecule has 0 aliphatic carbocycles. The third-order valence-electron chi connectivity index (χ3n) is 2.87. The fourth-order valence-corrected chi connectivity index (χ4v) is 2.03. The van der Waals surface area contributed by atoms with Gasteiger partial charge in [-0.1, -0.05) is 5.21 Å². The van der Waals surface area contributed by atoms with Gasteiger partial charge in [-0.2, -0.15) is 0 Å². The first kappa shape index (κ1) is 13.3. The number of esters is 1. The third kappa shape index (κ3) is 2.11. The van der Waals surface area contributed by atoms with Crippen molar-refractivity contribution in [2.45, 2.75) is 27.3 Å². The third-order valence-corrected chi connectivity index (χ3v) is 2.87. The molecule has 19 heavy (non-hydrogen) atoms. The molecule has 0 spiro atoms. The molecule has 7 nitrogen and oxygen atoms in total. The number of hydrogen-bond acceptors (Lipinski definition) is 6. The highest BCUT2D eigenvalue weighted by atomic mass is 16.5. The van der Waals surface area contributed by atoms with Crippen LogP contribution >= 0.6 is 0 Å². The van der Waals surface area contributed by atoms with E-state index in [2.05, 4.69) is 20.6 Å². The molecular formula is C12H17N5O2. The predicted octanol–water partition coefficient (Wildman–Crippen LogP) is 1.37. The smallest absolute Gasteiger partial charge is 0.342 e. The highest BCUT2D eigenvalue weighted by molar-refractivity contribution is 6.05. The first-order chi connectivity index (χ1) is 9.13. The normalized spacial score (nSPS) is 10.7. The fourth-order valence-electron chi connectivity index (χ4n) is 2.03. The summed E-state index contributed by atoms with van der Waals surface area (Å²) in [7, 11) is 1.35. The summed E-state index contributed by atoms with van der Waals surface area (Å²) < 4.78 is 6.50. The summed E-state index contributed by atoms with van der Waals surface area (Å²) in [6.45, 7) is 7.03. The summed E-state index contributed by atoms with van der Waals surface area (Å²) in [4.78, 5) is 16.3. The van der Waals surface area contributed by atoms with Crippen LogP contribution in [0, 0.1) is 6.92 Å². The first-order valence-corrected chi connectivity index (χ1v) is 6.19. The average molecular weight is 263 g/mol. The van der Waals surface area contributed by atoms with E-state index < -0.39 is 5.97 Å². The van der Waals surface area contributed by atoms with E-state index in [1.165, 1.54) is 7.11 Å². The van der Waals surface area contributed by atoms with Crippen molar-refractivity contribution in [2.24, 2.45) is 0 Å². The second-order valence-corrected chi connectivity index (χ2v) is 4.05. The van der Waals surface area contributed by atoms with Crippen molar-refractivity contribution >= 4 is 22.8 Å². The van der Waals surface area contributed by atoms with Crippen molar-refractivity contribution in [1.29, 1.82) is 0 Å². The number of pyridine rings is 1. The zero-order valence-electron chi connectivity index (χ0n) is 11.5. The Morgan fingerprint density at radius 2 is 2.16 bits per heavy atom. The highest BCUT2D eigenvalue weighted by Gasteiger charge is 2.22. The van der Waals surface area contributed by atoms with Gasteiger partial charge in [0, 0.05) is 13.1 Å². The maximum Gasteiger partial charge on any atom is 0.342 e. The molecule has 2 rings (SSSR count). The Balaban J connectivity index is 2.80. The molecule has 2 heterocycles. The number of aryl methyl sites for hydroxylation is 2. The predicted molar refractivity (Wildman–Crippen MR) is 71.2 cm³/mol. The van der Waals surface area contributed by atoms with Crippen molar-refractivity contribution < 1.29 is 9.53 Å². The quantitative estimate of drug-likeness (QED) is 0.839. The molecule has 1 N–H and O–H groups in total. The van der Waals surface area contributed by atoms with Crippen molar-refractivity contribution in [1.82, 2.24) is 20.0 Å². The van der Waals surface area contributed by atoms with Crippen LogP contribution in [0.5, 0.6) is 0 Å². The molecule has 0 saturated carbocycles. The lowest BCUT2D eigenvalue weighted by Gasteiger charge is -2.10. The van der Waals surface area contributed by atoms with Crippen LogP contribution in [0.2, 0.25) is 0 Å². The van der Waals surface area contributed by atoms with Crippen LogP contribution in [0.4, 0.5) is 5.82 Å². The van der Waals surface area contributed by atoms with Crippen molar-refractivity contribution in [3.8, 4) is 0 Å². The largest absolute Gasteiger partial charge is 0.465 e. The van der Waals surface area contributed by atoms with Crippen LogP contribution in [0.3, 0.4) is 0 Å². The lowest BCUT2D eigenvalue weighted by Crippen LogP contribution is -2.11. The van der Waals surface area contributed by atoms with E-state index in [9.17, 15) is 4.79 Å². The monoisotopic (exact) mass is 263 g/mol. The summed E-state index contributed by atoms with van der Waals surface area (Å²) in [6.07, 6.45) is 0. The zero-order valence-corrected chi connectivity index (χ0v) is 11.5. The Morgan fingerprint density at radius 3 is 2.74 bits per heavy atom. The fraction of sp³-hybridized carbons (Fsp3) is 0.500. The minimum Gasteiger partial charge on any atom is -0.465 e. The molecule has 0 amide bonds. The topological polar surface area (TPSA) is 81.9 Å². The minimum atomic E-state index is -0.421. The molecular weight excluding hydrogens is 246 g/mol. The van der Waals surface area contributed by atoms with Crippen molar-refractivity contribution in [3.05, 3.63) is 11.3 Å². The van der Waals surface area contributed by atoms with Gasteiger partial charge in [-0.15, -0.1) is 5.10 Å². The summed E-state index contributed by atoms with van der Waals surface area (Å²) >= 11 is 0. The maximum absolute atomic E-state index is 11.9. The summed E-state index contributed by atoms with van der Waals surface area (Å²) in [5.41, 5.74) is 2.28. The van der Waals surface area contributed by atoms with E-state index >= 15 is 0 Å². The molecule has 0 aliphatic rings. The summed E-state index contributed by atoms with van der Waals surface area (Å²) in [6, 6.07) is 0. The van der Waals surface area contributed by atoms with Crippen LogP contribution in [-0.4, -0.2) is 39.6 Å². The van der Waals surface area contributed by atoms with Gasteiger partial charge in [-0.25, -0.2) is 14.5 Å². The first-order valence-electron chi connectivity index (χ1n) is 6.19. The van der Waals surface area contributed by atoms with Crippen LogP contribution in [0.25, 0.3) is 11.0 Å². The molecule has 0 bridgehead atoms. The molecule has 7 heteroatoms. The number of carbonyl (C=O) groups excluding carboxylic acids is 1. The number of nitrogens with one attached hydrogen (secondary N) is 1. The number of carbonyl (C=O) groups is 1. The standard InChI is InChI=1S/C12H17N5O2/c1-5-13-11-9-10(17(6-2)16-15-9)8(7(3)14-11)12(18)19-4/h5-6H2,1-4H3,(H,13,14). The summed E-state index contributed by atoms with van der Waals surface area (Å²) in [5.74, 6) is 0.220. The van der Waals surface area contributed by atoms with Gasteiger partial charge in [0.2, 0.25) is 0 Å². The van der Waals surface area contributed by atoms with E-state index in [1.807, 2.05) is 13.8 Å². The van der Waals surface area contributed by atoms with Gasteiger partial charge in [-0.05, 0) is 20.8 Å². The molecule has 2 aromatic heterocycles. The number of hydrogen-bond donors (Lipinski definition) is 1. The van der Waals surface area contributed by atoms with Crippen LogP contribution in [0.1, 0.15) is 29.9 Å². The minimum absolute atomic E-state index is 0.421. The van der Waals surface area contributed by atoms with E-state index in [-0.39, 0.29) is 0 Å². The molecule has 102 valence electrons. The Kier molecular flexibility index (Phi) is 3.64. The average Bonchev–Trinajstić information content (AvgIpc) is 2.82. The SMILES string of the molecule is CCNc1nc(C)c(C(=O)OC)c2c1nnn2CC. The van der Waals surface area contributed by atoms with Crippen LogP contribution < -0.4 is 5.32 Å². The van der Waals surface area contributed by atoms with Gasteiger partial charge in [0.1, 0.15) is 11.1 Å². The van der Waals surface area contributed by atoms with Gasteiger partial charge >= 0.3 is 5.97 Å². The lowest BCUT2D eigenvalue weighted by molar-refractivity contribution is 0.0601. The molecule has 0 unspecified atom stereocenters. The van der Waals surface area contributed by atoms with Crippen LogP contribution in [0.15, 0.2) is 0 Å². The van der Waals surface area contributed by atoms with Crippen molar-refractivity contribution in [3.63, 3.8) is 0 Å². The van der Waals surface area contributed by atoms with E-state index in [1.54, 1.807) is 11.6 Å². The lowest BCUT2D eigenvalue weighted by atomic mass is 10.1. The second-order valence-electron chi connectivity index (χ2n) is 4.05. The number of nitrogens with zero attached hydrogens (tertiary/aromatic N) is 4. The maximum atomic E-state index is 11.9. The second kappa shape index (κ2) is 5.21. The zero-order chi connectivity index (χ0) is 14.0. The Morgan fingerprint density at radius 1 is 1.42 bits per heavy atom. The van der Waals surface area contributed by atoms with Gasteiger partial charge < -0.3 is 10.1 Å². The molecule has 0 fully saturated rings. The number of ether oxygens (including phenoxy) is 1. The van der Waals surface area contributed by atoms with E-state index in [4.69, 9.17) is 4.74 Å². The number of fused-ring (bicyclic) bond motifs is 1. The molecule has 2 aromatic rings. The highest BCUT2D eigenvalue weighted by Crippen LogP contribution is 2.25. The van der Waals surface area contributed by atoms with Gasteiger partial charge in [0.25, 0.3) is 0 Å². The summed E-state index contributed by atoms with van der Waals surface area (Å²) in [5, 5.41) is 11.3. The van der Waals surface area contributed by atoms with Gasteiger partial charge in [-0.3, -0.25) is 0 Å². The Bertz CT molecular complexity index is 620. The number of rotatable bonds is 4. The van der Waals surface area contributed by atoms with E-state index in [0.717, 1.165) is 6.54 Å². The molecule has 0 radical (unpaired) electrons. The number of methoxy groups -OCH3 is 1. The number of aromatic nitrogens is 4.